The fourth-order valence-electron chi connectivity index (χ4n) is 3.62. The van der Waals surface area contributed by atoms with Gasteiger partial charge in [0.1, 0.15) is 11.5 Å². The molecule has 9 nitrogen and oxygen atoms in total. The van der Waals surface area contributed by atoms with E-state index in [0.29, 0.717) is 22.7 Å². The third kappa shape index (κ3) is 6.61. The molecule has 2 aromatic heterocycles. The third-order valence-corrected chi connectivity index (χ3v) is 5.42. The predicted octanol–water partition coefficient (Wildman–Crippen LogP) is 3.91. The predicted molar refractivity (Wildman–Crippen MR) is 139 cm³/mol. The highest BCUT2D eigenvalue weighted by Crippen LogP contribution is 2.26. The van der Waals surface area contributed by atoms with Crippen LogP contribution in [0.5, 0.6) is 0 Å². The molecular weight excluding hydrogens is 472 g/mol. The lowest BCUT2D eigenvalue weighted by molar-refractivity contribution is -0.143. The van der Waals surface area contributed by atoms with E-state index in [1.54, 1.807) is 41.2 Å². The van der Waals surface area contributed by atoms with Gasteiger partial charge in [0.2, 0.25) is 5.91 Å². The minimum absolute atomic E-state index is 0.0189. The minimum atomic E-state index is -0.703. The molecule has 2 amide bonds. The number of amides is 2. The van der Waals surface area contributed by atoms with Crippen LogP contribution >= 0.6 is 0 Å². The van der Waals surface area contributed by atoms with Crippen LogP contribution in [0.2, 0.25) is 0 Å². The summed E-state index contributed by atoms with van der Waals surface area (Å²) in [6.07, 6.45) is 4.55. The summed E-state index contributed by atoms with van der Waals surface area (Å²) in [4.78, 5) is 37.9. The molecule has 0 spiro atoms. The second-order valence-corrected chi connectivity index (χ2v) is 8.16. The van der Waals surface area contributed by atoms with E-state index in [9.17, 15) is 14.4 Å². The van der Waals surface area contributed by atoms with Crippen LogP contribution < -0.4 is 10.6 Å². The van der Waals surface area contributed by atoms with E-state index in [-0.39, 0.29) is 13.0 Å². The van der Waals surface area contributed by atoms with Crippen molar-refractivity contribution in [1.82, 2.24) is 9.78 Å². The first-order valence-electron chi connectivity index (χ1n) is 11.6. The lowest BCUT2D eigenvalue weighted by atomic mass is 10.2. The van der Waals surface area contributed by atoms with Gasteiger partial charge in [-0.1, -0.05) is 36.4 Å². The second-order valence-electron chi connectivity index (χ2n) is 8.16. The van der Waals surface area contributed by atoms with E-state index in [1.165, 1.54) is 11.0 Å². The molecule has 0 aliphatic heterocycles. The first kappa shape index (κ1) is 25.2. The highest BCUT2D eigenvalue weighted by molar-refractivity contribution is 5.97. The van der Waals surface area contributed by atoms with Gasteiger partial charge in [0, 0.05) is 36.5 Å². The number of aromatic nitrogens is 2. The minimum Gasteiger partial charge on any atom is -0.460 e. The average Bonchev–Trinajstić information content (AvgIpc) is 3.53. The number of rotatable bonds is 10. The summed E-state index contributed by atoms with van der Waals surface area (Å²) in [6, 6.07) is 22.0. The Morgan fingerprint density at radius 1 is 1.03 bits per heavy atom. The van der Waals surface area contributed by atoms with Crippen molar-refractivity contribution in [1.29, 1.82) is 0 Å². The molecule has 0 saturated heterocycles. The topological polar surface area (TPSA) is 121 Å². The maximum atomic E-state index is 12.8. The smallest absolute Gasteiger partial charge is 0.331 e. The van der Waals surface area contributed by atoms with Crippen molar-refractivity contribution < 1.29 is 23.5 Å². The molecule has 188 valence electrons. The van der Waals surface area contributed by atoms with Gasteiger partial charge < -0.3 is 19.8 Å². The third-order valence-electron chi connectivity index (χ3n) is 5.42. The molecule has 2 N–H and O–H groups in total. The fourth-order valence-corrected chi connectivity index (χ4v) is 3.62. The highest BCUT2D eigenvalue weighted by atomic mass is 16.5. The van der Waals surface area contributed by atoms with Crippen molar-refractivity contribution in [2.75, 3.05) is 18.1 Å². The summed E-state index contributed by atoms with van der Waals surface area (Å²) in [7, 11) is 0. The van der Waals surface area contributed by atoms with E-state index in [0.717, 1.165) is 11.4 Å². The quantitative estimate of drug-likeness (QED) is 0.261. The van der Waals surface area contributed by atoms with Crippen LogP contribution in [0, 0.1) is 6.92 Å². The zero-order valence-corrected chi connectivity index (χ0v) is 20.2. The van der Waals surface area contributed by atoms with Crippen LogP contribution in [0.4, 0.5) is 5.69 Å². The van der Waals surface area contributed by atoms with Crippen molar-refractivity contribution in [2.24, 2.45) is 5.73 Å². The van der Waals surface area contributed by atoms with Crippen LogP contribution in [0.25, 0.3) is 23.2 Å². The number of nitrogens with zero attached hydrogens (tertiary/aromatic N) is 3. The molecule has 0 unspecified atom stereocenters. The summed E-state index contributed by atoms with van der Waals surface area (Å²) in [6.45, 7) is 1.42. The number of ether oxygens (including phenoxy) is 1. The summed E-state index contributed by atoms with van der Waals surface area (Å²) >= 11 is 0. The number of carbonyl (C=O) groups is 3. The van der Waals surface area contributed by atoms with Crippen molar-refractivity contribution in [3.8, 4) is 17.1 Å². The molecule has 37 heavy (non-hydrogen) atoms. The SMILES string of the molecule is Cc1ccc(-c2nn(-c3ccccc3)cc2/C=C/C(=O)OCC(=O)N(CCC(N)=O)c2ccccc2)o1. The Morgan fingerprint density at radius 3 is 2.38 bits per heavy atom. The molecule has 0 aliphatic carbocycles. The molecule has 0 aliphatic rings. The standard InChI is InChI=1S/C28H26N4O5/c1-20-12-14-24(37-20)28-21(18-32(30-28)23-10-6-3-7-11-23)13-15-27(35)36-19-26(34)31(17-16-25(29)33)22-8-4-2-5-9-22/h2-15,18H,16-17,19H2,1H3,(H2,29,33)/b15-13+. The number of anilines is 1. The van der Waals surface area contributed by atoms with Crippen LogP contribution in [0.15, 0.2) is 89.5 Å². The molecule has 4 rings (SSSR count). The molecule has 9 heteroatoms. The largest absolute Gasteiger partial charge is 0.460 e. The highest BCUT2D eigenvalue weighted by Gasteiger charge is 2.18. The molecule has 4 aromatic rings. The van der Waals surface area contributed by atoms with E-state index >= 15 is 0 Å². The number of aryl methyl sites for hydroxylation is 1. The fraction of sp³-hybridized carbons (Fsp3) is 0.143. The van der Waals surface area contributed by atoms with E-state index in [1.807, 2.05) is 55.5 Å². The number of furan rings is 1. The number of esters is 1. The number of nitrogens with two attached hydrogens (primary N) is 1. The van der Waals surface area contributed by atoms with Crippen molar-refractivity contribution >= 4 is 29.5 Å². The molecule has 0 saturated carbocycles. The van der Waals surface area contributed by atoms with Gasteiger partial charge in [-0.2, -0.15) is 5.10 Å². The van der Waals surface area contributed by atoms with Gasteiger partial charge in [0.05, 0.1) is 5.69 Å². The molecule has 2 aromatic carbocycles. The number of primary amides is 1. The second kappa shape index (κ2) is 11.7. The first-order chi connectivity index (χ1) is 17.9. The number of para-hydroxylation sites is 2. The van der Waals surface area contributed by atoms with Gasteiger partial charge in [-0.25, -0.2) is 9.48 Å². The Kier molecular flexibility index (Phi) is 7.95. The van der Waals surface area contributed by atoms with Crippen molar-refractivity contribution in [3.05, 3.63) is 96.4 Å². The number of hydrogen-bond acceptors (Lipinski definition) is 6. The van der Waals surface area contributed by atoms with Crippen LogP contribution in [0.3, 0.4) is 0 Å². The summed E-state index contributed by atoms with van der Waals surface area (Å²) in [5.74, 6) is -0.421. The summed E-state index contributed by atoms with van der Waals surface area (Å²) < 4.78 is 12.6. The molecule has 0 radical (unpaired) electrons. The molecule has 0 fully saturated rings. The lowest BCUT2D eigenvalue weighted by Crippen LogP contribution is -2.37. The van der Waals surface area contributed by atoms with Crippen LogP contribution in [0.1, 0.15) is 17.7 Å². The van der Waals surface area contributed by atoms with E-state index in [2.05, 4.69) is 5.10 Å². The van der Waals surface area contributed by atoms with Crippen LogP contribution in [-0.2, 0) is 19.1 Å². The van der Waals surface area contributed by atoms with E-state index in [4.69, 9.17) is 14.9 Å². The summed E-state index contributed by atoms with van der Waals surface area (Å²) in [5, 5.41) is 4.63. The normalized spacial score (nSPS) is 10.9. The van der Waals surface area contributed by atoms with Gasteiger partial charge >= 0.3 is 5.97 Å². The number of carbonyl (C=O) groups excluding carboxylic acids is 3. The molecule has 0 atom stereocenters. The molecule has 2 heterocycles. The molecular formula is C28H26N4O5. The summed E-state index contributed by atoms with van der Waals surface area (Å²) in [5.41, 5.74) is 7.85. The average molecular weight is 499 g/mol. The van der Waals surface area contributed by atoms with E-state index < -0.39 is 24.4 Å². The zero-order chi connectivity index (χ0) is 26.2. The monoisotopic (exact) mass is 498 g/mol. The zero-order valence-electron chi connectivity index (χ0n) is 20.2. The van der Waals surface area contributed by atoms with Crippen molar-refractivity contribution in [3.63, 3.8) is 0 Å². The Balaban J connectivity index is 1.47. The maximum Gasteiger partial charge on any atom is 0.331 e. The van der Waals surface area contributed by atoms with Crippen LogP contribution in [-0.4, -0.2) is 40.7 Å². The Hall–Kier alpha value is -4.92. The van der Waals surface area contributed by atoms with Gasteiger partial charge in [0.25, 0.3) is 5.91 Å². The Bertz CT molecular complexity index is 1410. The number of hydrogen-bond donors (Lipinski definition) is 1. The van der Waals surface area contributed by atoms with Crippen molar-refractivity contribution in [2.45, 2.75) is 13.3 Å². The Morgan fingerprint density at radius 2 is 1.73 bits per heavy atom. The molecule has 0 bridgehead atoms. The lowest BCUT2D eigenvalue weighted by Gasteiger charge is -2.22. The van der Waals surface area contributed by atoms with Gasteiger partial charge in [0.15, 0.2) is 12.4 Å². The van der Waals surface area contributed by atoms with Gasteiger partial charge in [-0.15, -0.1) is 0 Å². The Labute approximate surface area is 213 Å². The maximum absolute atomic E-state index is 12.8. The number of benzene rings is 2. The first-order valence-corrected chi connectivity index (χ1v) is 11.6. The van der Waals surface area contributed by atoms with Gasteiger partial charge in [-0.05, 0) is 49.4 Å². The van der Waals surface area contributed by atoms with Gasteiger partial charge in [-0.3, -0.25) is 9.59 Å².